The minimum atomic E-state index is -0.144. The average Bonchev–Trinajstić information content (AvgIpc) is 2.54. The summed E-state index contributed by atoms with van der Waals surface area (Å²) in [6.07, 6.45) is 4.45. The summed E-state index contributed by atoms with van der Waals surface area (Å²) in [5.41, 5.74) is 0.155. The van der Waals surface area contributed by atoms with E-state index in [1.807, 2.05) is 13.8 Å². The van der Waals surface area contributed by atoms with Crippen molar-refractivity contribution in [3.63, 3.8) is 0 Å². The number of nitrogens with zero attached hydrogens (tertiary/aromatic N) is 1. The van der Waals surface area contributed by atoms with Crippen LogP contribution in [0.4, 0.5) is 0 Å². The molecule has 1 aliphatic carbocycles. The predicted octanol–water partition coefficient (Wildman–Crippen LogP) is 2.94. The Morgan fingerprint density at radius 3 is 2.62 bits per heavy atom. The Morgan fingerprint density at radius 2 is 2.15 bits per heavy atom. The Bertz CT molecular complexity index is 194. The predicted molar refractivity (Wildman–Crippen MR) is 55.5 cm³/mol. The van der Waals surface area contributed by atoms with Crippen molar-refractivity contribution >= 4 is 11.8 Å². The first kappa shape index (κ1) is 10.9. The van der Waals surface area contributed by atoms with E-state index < -0.39 is 0 Å². The molecule has 0 radical (unpaired) electrons. The number of ether oxygens (including phenoxy) is 1. The SMILES string of the molecule is CCOC(C)SC1(C#N)CCCC1. The zero-order valence-corrected chi connectivity index (χ0v) is 9.19. The second kappa shape index (κ2) is 4.88. The molecule has 0 spiro atoms. The molecule has 1 atom stereocenters. The summed E-state index contributed by atoms with van der Waals surface area (Å²) in [7, 11) is 0. The highest BCUT2D eigenvalue weighted by atomic mass is 32.2. The van der Waals surface area contributed by atoms with E-state index in [9.17, 15) is 0 Å². The molecule has 1 saturated carbocycles. The molecule has 0 bridgehead atoms. The molecule has 0 N–H and O–H groups in total. The molecule has 0 aromatic heterocycles. The molecule has 1 aliphatic rings. The third-order valence-electron chi connectivity index (χ3n) is 2.41. The van der Waals surface area contributed by atoms with Gasteiger partial charge in [-0.15, -0.1) is 11.8 Å². The first-order valence-electron chi connectivity index (χ1n) is 4.93. The van der Waals surface area contributed by atoms with Crippen LogP contribution in [0.2, 0.25) is 0 Å². The molecule has 3 heteroatoms. The number of hydrogen-bond acceptors (Lipinski definition) is 3. The second-order valence-electron chi connectivity index (χ2n) is 3.45. The normalized spacial score (nSPS) is 22.5. The van der Waals surface area contributed by atoms with Gasteiger partial charge in [0.15, 0.2) is 0 Å². The standard InChI is InChI=1S/C10H17NOS/c1-3-12-9(2)13-10(8-11)6-4-5-7-10/h9H,3-7H2,1-2H3. The van der Waals surface area contributed by atoms with Crippen LogP contribution in [-0.4, -0.2) is 16.8 Å². The van der Waals surface area contributed by atoms with Gasteiger partial charge in [-0.05, 0) is 26.7 Å². The van der Waals surface area contributed by atoms with Gasteiger partial charge in [0.1, 0.15) is 10.2 Å². The molecule has 0 heterocycles. The van der Waals surface area contributed by atoms with Gasteiger partial charge in [-0.2, -0.15) is 5.26 Å². The Kier molecular flexibility index (Phi) is 4.08. The number of thioether (sulfide) groups is 1. The van der Waals surface area contributed by atoms with E-state index in [-0.39, 0.29) is 10.2 Å². The van der Waals surface area contributed by atoms with Crippen molar-refractivity contribution in [3.05, 3.63) is 0 Å². The van der Waals surface area contributed by atoms with Crippen LogP contribution < -0.4 is 0 Å². The fraction of sp³-hybridized carbons (Fsp3) is 0.900. The first-order valence-corrected chi connectivity index (χ1v) is 5.81. The van der Waals surface area contributed by atoms with Crippen molar-refractivity contribution in [1.29, 1.82) is 5.26 Å². The lowest BCUT2D eigenvalue weighted by molar-refractivity contribution is 0.136. The molecule has 1 rings (SSSR count). The van der Waals surface area contributed by atoms with Crippen LogP contribution in [-0.2, 0) is 4.74 Å². The zero-order chi connectivity index (χ0) is 9.73. The maximum atomic E-state index is 9.11. The van der Waals surface area contributed by atoms with Crippen molar-refractivity contribution in [3.8, 4) is 6.07 Å². The summed E-state index contributed by atoms with van der Waals surface area (Å²) in [4.78, 5) is 0. The third-order valence-corrected chi connectivity index (χ3v) is 3.83. The van der Waals surface area contributed by atoms with Crippen molar-refractivity contribution in [2.45, 2.75) is 49.7 Å². The maximum absolute atomic E-state index is 9.11. The highest BCUT2D eigenvalue weighted by Gasteiger charge is 2.36. The van der Waals surface area contributed by atoms with Crippen molar-refractivity contribution in [1.82, 2.24) is 0 Å². The Hall–Kier alpha value is -0.200. The molecule has 1 fully saturated rings. The molecule has 74 valence electrons. The molecule has 0 amide bonds. The molecule has 0 aliphatic heterocycles. The van der Waals surface area contributed by atoms with Crippen LogP contribution in [0, 0.1) is 11.3 Å². The topological polar surface area (TPSA) is 33.0 Å². The minimum Gasteiger partial charge on any atom is -0.368 e. The second-order valence-corrected chi connectivity index (χ2v) is 5.14. The van der Waals surface area contributed by atoms with E-state index >= 15 is 0 Å². The van der Waals surface area contributed by atoms with Gasteiger partial charge in [-0.25, -0.2) is 0 Å². The lowest BCUT2D eigenvalue weighted by Crippen LogP contribution is -2.22. The molecule has 1 unspecified atom stereocenters. The van der Waals surface area contributed by atoms with Crippen LogP contribution in [0.3, 0.4) is 0 Å². The van der Waals surface area contributed by atoms with Gasteiger partial charge in [0.2, 0.25) is 0 Å². The van der Waals surface area contributed by atoms with E-state index in [0.717, 1.165) is 19.4 Å². The fourth-order valence-corrected chi connectivity index (χ4v) is 3.21. The quantitative estimate of drug-likeness (QED) is 0.653. The number of nitriles is 1. The van der Waals surface area contributed by atoms with Crippen LogP contribution in [0.25, 0.3) is 0 Å². The molecule has 13 heavy (non-hydrogen) atoms. The summed E-state index contributed by atoms with van der Waals surface area (Å²) in [6, 6.07) is 2.45. The van der Waals surface area contributed by atoms with Crippen LogP contribution in [0.1, 0.15) is 39.5 Å². The van der Waals surface area contributed by atoms with E-state index in [1.54, 1.807) is 11.8 Å². The van der Waals surface area contributed by atoms with Gasteiger partial charge in [-0.3, -0.25) is 0 Å². The van der Waals surface area contributed by atoms with Crippen molar-refractivity contribution in [2.75, 3.05) is 6.61 Å². The van der Waals surface area contributed by atoms with E-state index in [0.29, 0.717) is 0 Å². The molecule has 0 aromatic rings. The van der Waals surface area contributed by atoms with Crippen LogP contribution >= 0.6 is 11.8 Å². The Labute approximate surface area is 84.6 Å². The molecule has 2 nitrogen and oxygen atoms in total. The first-order chi connectivity index (χ1) is 6.22. The summed E-state index contributed by atoms with van der Waals surface area (Å²) in [5, 5.41) is 9.11. The molecule has 0 aromatic carbocycles. The van der Waals surface area contributed by atoms with Gasteiger partial charge in [0, 0.05) is 6.61 Å². The minimum absolute atomic E-state index is 0.144. The van der Waals surface area contributed by atoms with E-state index in [1.165, 1.54) is 12.8 Å². The van der Waals surface area contributed by atoms with Gasteiger partial charge in [-0.1, -0.05) is 12.8 Å². The van der Waals surface area contributed by atoms with Crippen molar-refractivity contribution in [2.24, 2.45) is 0 Å². The van der Waals surface area contributed by atoms with Gasteiger partial charge < -0.3 is 4.74 Å². The van der Waals surface area contributed by atoms with Gasteiger partial charge in [0.05, 0.1) is 6.07 Å². The third kappa shape index (κ3) is 2.89. The van der Waals surface area contributed by atoms with Gasteiger partial charge in [0.25, 0.3) is 0 Å². The lowest BCUT2D eigenvalue weighted by atomic mass is 10.1. The van der Waals surface area contributed by atoms with Crippen molar-refractivity contribution < 1.29 is 4.74 Å². The number of hydrogen-bond donors (Lipinski definition) is 0. The monoisotopic (exact) mass is 199 g/mol. The smallest absolute Gasteiger partial charge is 0.105 e. The van der Waals surface area contributed by atoms with Crippen LogP contribution in [0.5, 0.6) is 0 Å². The van der Waals surface area contributed by atoms with Crippen LogP contribution in [0.15, 0.2) is 0 Å². The summed E-state index contributed by atoms with van der Waals surface area (Å²) in [6.45, 7) is 4.76. The van der Waals surface area contributed by atoms with E-state index in [2.05, 4.69) is 6.07 Å². The molecule has 0 saturated heterocycles. The summed E-state index contributed by atoms with van der Waals surface area (Å²) >= 11 is 1.70. The lowest BCUT2D eigenvalue weighted by Gasteiger charge is -2.23. The highest BCUT2D eigenvalue weighted by Crippen LogP contribution is 2.43. The highest BCUT2D eigenvalue weighted by molar-refractivity contribution is 8.01. The molecular weight excluding hydrogens is 182 g/mol. The Balaban J connectivity index is 2.44. The average molecular weight is 199 g/mol. The largest absolute Gasteiger partial charge is 0.368 e. The van der Waals surface area contributed by atoms with E-state index in [4.69, 9.17) is 10.00 Å². The van der Waals surface area contributed by atoms with Gasteiger partial charge >= 0.3 is 0 Å². The summed E-state index contributed by atoms with van der Waals surface area (Å²) < 4.78 is 5.30. The Morgan fingerprint density at radius 1 is 1.54 bits per heavy atom. The summed E-state index contributed by atoms with van der Waals surface area (Å²) in [5.74, 6) is 0. The zero-order valence-electron chi connectivity index (χ0n) is 8.38. The fourth-order valence-electron chi connectivity index (χ4n) is 1.79. The molecular formula is C10H17NOS. The number of rotatable bonds is 4. The maximum Gasteiger partial charge on any atom is 0.105 e.